The zero-order valence-corrected chi connectivity index (χ0v) is 10.6. The van der Waals surface area contributed by atoms with Crippen LogP contribution in [0, 0.1) is 34.6 Å². The fraction of sp³-hybridized carbons (Fsp3) is 0.333. The smallest absolute Gasteiger partial charge is 0.119 e. The Balaban J connectivity index is 3.07. The molecule has 0 spiro atoms. The normalized spacial score (nSPS) is 11.1. The maximum absolute atomic E-state index is 9.88. The van der Waals surface area contributed by atoms with Gasteiger partial charge in [-0.2, -0.15) is 0 Å². The van der Waals surface area contributed by atoms with Crippen molar-refractivity contribution in [3.05, 3.63) is 39.9 Å². The monoisotopic (exact) mass is 214 g/mol. The molecule has 2 rings (SSSR count). The lowest BCUT2D eigenvalue weighted by molar-refractivity contribution is 0.472. The van der Waals surface area contributed by atoms with Gasteiger partial charge in [-0.3, -0.25) is 0 Å². The van der Waals surface area contributed by atoms with E-state index >= 15 is 0 Å². The fourth-order valence-corrected chi connectivity index (χ4v) is 2.40. The van der Waals surface area contributed by atoms with Crippen LogP contribution in [-0.2, 0) is 0 Å². The number of hydrogen-bond donors (Lipinski definition) is 1. The Morgan fingerprint density at radius 3 is 2.00 bits per heavy atom. The zero-order valence-electron chi connectivity index (χ0n) is 10.6. The lowest BCUT2D eigenvalue weighted by Crippen LogP contribution is -1.93. The summed E-state index contributed by atoms with van der Waals surface area (Å²) in [6, 6.07) is 4.07. The second-order valence-corrected chi connectivity index (χ2v) is 4.70. The van der Waals surface area contributed by atoms with Crippen molar-refractivity contribution in [3.8, 4) is 5.75 Å². The first-order valence-electron chi connectivity index (χ1n) is 5.63. The molecule has 0 saturated heterocycles. The standard InChI is InChI=1S/C15H18O/c1-8-6-13-9(2)7-14(16)12(5)15(13)11(4)10(8)3/h6-7,16H,1-5H3. The van der Waals surface area contributed by atoms with E-state index in [0.29, 0.717) is 5.75 Å². The summed E-state index contributed by atoms with van der Waals surface area (Å²) in [5.41, 5.74) is 6.05. The van der Waals surface area contributed by atoms with Crippen LogP contribution in [0.1, 0.15) is 27.8 Å². The maximum atomic E-state index is 9.88. The van der Waals surface area contributed by atoms with Crippen molar-refractivity contribution in [3.63, 3.8) is 0 Å². The van der Waals surface area contributed by atoms with E-state index in [1.165, 1.54) is 27.5 Å². The molecule has 0 fully saturated rings. The number of phenolic OH excluding ortho intramolecular Hbond substituents is 1. The average molecular weight is 214 g/mol. The number of aromatic hydroxyl groups is 1. The first-order chi connectivity index (χ1) is 7.43. The van der Waals surface area contributed by atoms with E-state index in [-0.39, 0.29) is 0 Å². The van der Waals surface area contributed by atoms with Gasteiger partial charge in [0.15, 0.2) is 0 Å². The molecule has 0 atom stereocenters. The van der Waals surface area contributed by atoms with E-state index in [2.05, 4.69) is 33.8 Å². The lowest BCUT2D eigenvalue weighted by atomic mass is 9.91. The van der Waals surface area contributed by atoms with Crippen molar-refractivity contribution in [1.82, 2.24) is 0 Å². The minimum absolute atomic E-state index is 0.399. The summed E-state index contributed by atoms with van der Waals surface area (Å²) in [4.78, 5) is 0. The highest BCUT2D eigenvalue weighted by Gasteiger charge is 2.11. The van der Waals surface area contributed by atoms with Crippen LogP contribution >= 0.6 is 0 Å². The molecule has 2 aromatic rings. The predicted octanol–water partition coefficient (Wildman–Crippen LogP) is 4.09. The van der Waals surface area contributed by atoms with E-state index in [1.807, 2.05) is 13.0 Å². The SMILES string of the molecule is Cc1cc2c(C)cc(O)c(C)c2c(C)c1C. The van der Waals surface area contributed by atoms with E-state index in [0.717, 1.165) is 11.1 Å². The van der Waals surface area contributed by atoms with E-state index < -0.39 is 0 Å². The molecule has 0 bridgehead atoms. The maximum Gasteiger partial charge on any atom is 0.119 e. The lowest BCUT2D eigenvalue weighted by Gasteiger charge is -2.15. The van der Waals surface area contributed by atoms with Crippen molar-refractivity contribution in [2.45, 2.75) is 34.6 Å². The summed E-state index contributed by atoms with van der Waals surface area (Å²) in [7, 11) is 0. The first kappa shape index (κ1) is 11.0. The van der Waals surface area contributed by atoms with Crippen molar-refractivity contribution >= 4 is 10.8 Å². The Kier molecular flexibility index (Phi) is 2.42. The Morgan fingerprint density at radius 1 is 0.750 bits per heavy atom. The number of rotatable bonds is 0. The number of benzene rings is 2. The second-order valence-electron chi connectivity index (χ2n) is 4.70. The van der Waals surface area contributed by atoms with Gasteiger partial charge in [0.25, 0.3) is 0 Å². The summed E-state index contributed by atoms with van der Waals surface area (Å²) in [6.07, 6.45) is 0. The summed E-state index contributed by atoms with van der Waals surface area (Å²) in [5.74, 6) is 0.399. The van der Waals surface area contributed by atoms with Crippen LogP contribution in [0.25, 0.3) is 10.8 Å². The third-order valence-electron chi connectivity index (χ3n) is 3.70. The van der Waals surface area contributed by atoms with Gasteiger partial charge in [0, 0.05) is 0 Å². The molecule has 1 N–H and O–H groups in total. The van der Waals surface area contributed by atoms with Crippen LogP contribution in [0.3, 0.4) is 0 Å². The average Bonchev–Trinajstić information content (AvgIpc) is 2.22. The molecule has 0 amide bonds. The number of phenols is 1. The predicted molar refractivity (Wildman–Crippen MR) is 69.3 cm³/mol. The van der Waals surface area contributed by atoms with Gasteiger partial charge in [0.05, 0.1) is 0 Å². The minimum atomic E-state index is 0.399. The molecule has 16 heavy (non-hydrogen) atoms. The largest absolute Gasteiger partial charge is 0.508 e. The van der Waals surface area contributed by atoms with Gasteiger partial charge >= 0.3 is 0 Å². The molecule has 0 aromatic heterocycles. The first-order valence-corrected chi connectivity index (χ1v) is 5.63. The minimum Gasteiger partial charge on any atom is -0.508 e. The fourth-order valence-electron chi connectivity index (χ4n) is 2.40. The van der Waals surface area contributed by atoms with Crippen LogP contribution in [0.5, 0.6) is 5.75 Å². The Bertz CT molecular complexity index is 580. The van der Waals surface area contributed by atoms with Crippen molar-refractivity contribution < 1.29 is 5.11 Å². The van der Waals surface area contributed by atoms with Gasteiger partial charge in [0.1, 0.15) is 5.75 Å². The second kappa shape index (κ2) is 3.51. The molecule has 0 unspecified atom stereocenters. The van der Waals surface area contributed by atoms with Gasteiger partial charge in [-0.1, -0.05) is 6.07 Å². The van der Waals surface area contributed by atoms with Gasteiger partial charge in [-0.15, -0.1) is 0 Å². The molecule has 0 aliphatic carbocycles. The summed E-state index contributed by atoms with van der Waals surface area (Å²) >= 11 is 0. The highest BCUT2D eigenvalue weighted by Crippen LogP contribution is 2.34. The third-order valence-corrected chi connectivity index (χ3v) is 3.70. The molecule has 2 aromatic carbocycles. The van der Waals surface area contributed by atoms with Crippen LogP contribution in [0.4, 0.5) is 0 Å². The van der Waals surface area contributed by atoms with Crippen molar-refractivity contribution in [2.24, 2.45) is 0 Å². The van der Waals surface area contributed by atoms with Crippen LogP contribution in [0.15, 0.2) is 12.1 Å². The summed E-state index contributed by atoms with van der Waals surface area (Å²) in [5, 5.41) is 12.4. The third kappa shape index (κ3) is 1.39. The molecule has 1 nitrogen and oxygen atoms in total. The number of fused-ring (bicyclic) bond motifs is 1. The molecule has 0 heterocycles. The van der Waals surface area contributed by atoms with Gasteiger partial charge < -0.3 is 5.11 Å². The van der Waals surface area contributed by atoms with Gasteiger partial charge in [0.2, 0.25) is 0 Å². The molecule has 0 saturated carbocycles. The van der Waals surface area contributed by atoms with E-state index in [9.17, 15) is 5.11 Å². The molecule has 0 aliphatic heterocycles. The van der Waals surface area contributed by atoms with Crippen LogP contribution in [-0.4, -0.2) is 5.11 Å². The highest BCUT2D eigenvalue weighted by atomic mass is 16.3. The van der Waals surface area contributed by atoms with Crippen molar-refractivity contribution in [2.75, 3.05) is 0 Å². The summed E-state index contributed by atoms with van der Waals surface area (Å²) in [6.45, 7) is 10.5. The molecule has 84 valence electrons. The molecule has 0 aliphatic rings. The molecular weight excluding hydrogens is 196 g/mol. The molecule has 1 heteroatoms. The van der Waals surface area contributed by atoms with Crippen LogP contribution < -0.4 is 0 Å². The zero-order chi connectivity index (χ0) is 12.0. The van der Waals surface area contributed by atoms with E-state index in [4.69, 9.17) is 0 Å². The number of hydrogen-bond acceptors (Lipinski definition) is 1. The Labute approximate surface area is 96.7 Å². The van der Waals surface area contributed by atoms with Gasteiger partial charge in [-0.05, 0) is 79.3 Å². The van der Waals surface area contributed by atoms with E-state index in [1.54, 1.807) is 0 Å². The van der Waals surface area contributed by atoms with Crippen molar-refractivity contribution in [1.29, 1.82) is 0 Å². The Morgan fingerprint density at radius 2 is 1.38 bits per heavy atom. The molecular formula is C15H18O. The quantitative estimate of drug-likeness (QED) is 0.700. The summed E-state index contributed by atoms with van der Waals surface area (Å²) < 4.78 is 0. The highest BCUT2D eigenvalue weighted by molar-refractivity contribution is 5.94. The van der Waals surface area contributed by atoms with Crippen LogP contribution in [0.2, 0.25) is 0 Å². The topological polar surface area (TPSA) is 20.2 Å². The number of aryl methyl sites for hydroxylation is 4. The van der Waals surface area contributed by atoms with Gasteiger partial charge in [-0.25, -0.2) is 0 Å². The Hall–Kier alpha value is -1.50. The molecule has 0 radical (unpaired) electrons.